The van der Waals surface area contributed by atoms with Gasteiger partial charge in [0.25, 0.3) is 5.69 Å². The van der Waals surface area contributed by atoms with Crippen LogP contribution < -0.4 is 0 Å². The van der Waals surface area contributed by atoms with E-state index < -0.39 is 4.92 Å². The fraction of sp³-hybridized carbons (Fsp3) is 0.0769. The molecule has 0 aliphatic rings. The molecule has 0 heterocycles. The monoisotopic (exact) mass is 247 g/mol. The van der Waals surface area contributed by atoms with Crippen LogP contribution in [-0.2, 0) is 0 Å². The summed E-state index contributed by atoms with van der Waals surface area (Å²) in [5.74, 6) is 0. The number of benzene rings is 2. The smallest absolute Gasteiger partial charge is 0.258 e. The molecule has 0 fully saturated rings. The zero-order valence-corrected chi connectivity index (χ0v) is 9.94. The van der Waals surface area contributed by atoms with Gasteiger partial charge in [0.05, 0.1) is 9.95 Å². The highest BCUT2D eigenvalue weighted by molar-refractivity contribution is 6.33. The summed E-state index contributed by atoms with van der Waals surface area (Å²) in [5, 5.41) is 11.2. The van der Waals surface area contributed by atoms with Gasteiger partial charge in [0.15, 0.2) is 0 Å². The van der Waals surface area contributed by atoms with E-state index in [1.807, 2.05) is 30.3 Å². The average molecular weight is 248 g/mol. The van der Waals surface area contributed by atoms with Crippen molar-refractivity contribution in [3.63, 3.8) is 0 Å². The van der Waals surface area contributed by atoms with Crippen molar-refractivity contribution in [2.24, 2.45) is 0 Å². The number of halogens is 1. The Morgan fingerprint density at radius 2 is 1.82 bits per heavy atom. The molecule has 17 heavy (non-hydrogen) atoms. The third-order valence-electron chi connectivity index (χ3n) is 2.57. The molecule has 0 N–H and O–H groups in total. The number of nitrogens with zero attached hydrogens (tertiary/aromatic N) is 1. The highest BCUT2D eigenvalue weighted by atomic mass is 35.5. The number of nitro benzene ring substituents is 1. The van der Waals surface area contributed by atoms with Gasteiger partial charge in [0.1, 0.15) is 0 Å². The van der Waals surface area contributed by atoms with Crippen LogP contribution >= 0.6 is 11.6 Å². The van der Waals surface area contributed by atoms with Crippen LogP contribution in [0.1, 0.15) is 5.56 Å². The van der Waals surface area contributed by atoms with Crippen LogP contribution in [0.25, 0.3) is 11.1 Å². The molecule has 0 aromatic heterocycles. The molecule has 3 nitrogen and oxygen atoms in total. The molecule has 0 saturated carbocycles. The van der Waals surface area contributed by atoms with E-state index in [0.29, 0.717) is 10.6 Å². The van der Waals surface area contributed by atoms with E-state index in [-0.39, 0.29) is 5.69 Å². The van der Waals surface area contributed by atoms with Gasteiger partial charge in [0, 0.05) is 17.2 Å². The number of hydrogen-bond donors (Lipinski definition) is 0. The first-order valence-corrected chi connectivity index (χ1v) is 5.47. The largest absolute Gasteiger partial charge is 0.273 e. The van der Waals surface area contributed by atoms with Crippen LogP contribution in [0.2, 0.25) is 5.02 Å². The Balaban J connectivity index is 2.58. The molecule has 4 heteroatoms. The Labute approximate surface area is 104 Å². The highest BCUT2D eigenvalue weighted by Crippen LogP contribution is 2.33. The average Bonchev–Trinajstić information content (AvgIpc) is 2.32. The van der Waals surface area contributed by atoms with Crippen LogP contribution in [0, 0.1) is 17.0 Å². The fourth-order valence-corrected chi connectivity index (χ4v) is 1.97. The minimum atomic E-state index is -0.421. The van der Waals surface area contributed by atoms with E-state index in [0.717, 1.165) is 11.1 Å². The van der Waals surface area contributed by atoms with Crippen molar-refractivity contribution in [2.75, 3.05) is 0 Å². The van der Waals surface area contributed by atoms with Crippen molar-refractivity contribution in [3.05, 3.63) is 63.2 Å². The van der Waals surface area contributed by atoms with Gasteiger partial charge in [-0.2, -0.15) is 0 Å². The van der Waals surface area contributed by atoms with Crippen molar-refractivity contribution in [1.29, 1.82) is 0 Å². The molecule has 2 aromatic carbocycles. The minimum absolute atomic E-state index is 0.0506. The van der Waals surface area contributed by atoms with Gasteiger partial charge in [-0.1, -0.05) is 41.9 Å². The van der Waals surface area contributed by atoms with E-state index in [4.69, 9.17) is 11.6 Å². The molecule has 0 spiro atoms. The quantitative estimate of drug-likeness (QED) is 0.589. The summed E-state index contributed by atoms with van der Waals surface area (Å²) >= 11 is 6.08. The Bertz CT molecular complexity index is 567. The van der Waals surface area contributed by atoms with Crippen molar-refractivity contribution >= 4 is 17.3 Å². The Hall–Kier alpha value is -1.87. The molecule has 0 unspecified atom stereocenters. The summed E-state index contributed by atoms with van der Waals surface area (Å²) in [7, 11) is 0. The van der Waals surface area contributed by atoms with Gasteiger partial charge in [-0.15, -0.1) is 0 Å². The van der Waals surface area contributed by atoms with Gasteiger partial charge in [-0.3, -0.25) is 10.1 Å². The predicted molar refractivity (Wildman–Crippen MR) is 68.3 cm³/mol. The van der Waals surface area contributed by atoms with Gasteiger partial charge >= 0.3 is 0 Å². The first-order chi connectivity index (χ1) is 8.09. The van der Waals surface area contributed by atoms with Crippen LogP contribution in [0.4, 0.5) is 5.69 Å². The second kappa shape index (κ2) is 4.55. The van der Waals surface area contributed by atoms with Crippen molar-refractivity contribution < 1.29 is 4.92 Å². The zero-order chi connectivity index (χ0) is 12.4. The van der Waals surface area contributed by atoms with E-state index in [1.54, 1.807) is 13.0 Å². The van der Waals surface area contributed by atoms with Crippen LogP contribution in [0.5, 0.6) is 0 Å². The van der Waals surface area contributed by atoms with E-state index in [9.17, 15) is 10.1 Å². The second-order valence-corrected chi connectivity index (χ2v) is 4.15. The van der Waals surface area contributed by atoms with Gasteiger partial charge in [-0.05, 0) is 18.6 Å². The van der Waals surface area contributed by atoms with E-state index in [1.165, 1.54) is 6.07 Å². The maximum atomic E-state index is 10.8. The Morgan fingerprint density at radius 3 is 2.41 bits per heavy atom. The van der Waals surface area contributed by atoms with E-state index in [2.05, 4.69) is 0 Å². The summed E-state index contributed by atoms with van der Waals surface area (Å²) in [6.07, 6.45) is 0. The summed E-state index contributed by atoms with van der Waals surface area (Å²) in [5.41, 5.74) is 2.43. The molecular weight excluding hydrogens is 238 g/mol. The highest BCUT2D eigenvalue weighted by Gasteiger charge is 2.14. The number of rotatable bonds is 2. The maximum Gasteiger partial charge on any atom is 0.273 e. The molecule has 0 radical (unpaired) electrons. The summed E-state index contributed by atoms with van der Waals surface area (Å²) in [6, 6.07) is 12.7. The third kappa shape index (κ3) is 2.29. The lowest BCUT2D eigenvalue weighted by molar-refractivity contribution is -0.385. The van der Waals surface area contributed by atoms with Crippen LogP contribution in [-0.4, -0.2) is 4.92 Å². The molecule has 0 saturated heterocycles. The van der Waals surface area contributed by atoms with E-state index >= 15 is 0 Å². The molecular formula is C13H10ClNO2. The summed E-state index contributed by atoms with van der Waals surface area (Å²) in [4.78, 5) is 10.3. The minimum Gasteiger partial charge on any atom is -0.258 e. The Morgan fingerprint density at radius 1 is 1.18 bits per heavy atom. The van der Waals surface area contributed by atoms with Crippen molar-refractivity contribution in [1.82, 2.24) is 0 Å². The molecule has 0 aliphatic carbocycles. The molecule has 0 bridgehead atoms. The number of aryl methyl sites for hydroxylation is 1. The topological polar surface area (TPSA) is 43.1 Å². The molecule has 2 aromatic rings. The van der Waals surface area contributed by atoms with Crippen LogP contribution in [0.15, 0.2) is 42.5 Å². The zero-order valence-electron chi connectivity index (χ0n) is 9.18. The Kier molecular flexibility index (Phi) is 3.11. The van der Waals surface area contributed by atoms with Gasteiger partial charge in [0.2, 0.25) is 0 Å². The number of nitro groups is 1. The normalized spacial score (nSPS) is 10.2. The second-order valence-electron chi connectivity index (χ2n) is 3.74. The van der Waals surface area contributed by atoms with Crippen molar-refractivity contribution in [3.8, 4) is 11.1 Å². The molecule has 2 rings (SSSR count). The maximum absolute atomic E-state index is 10.8. The standard InChI is InChI=1S/C13H10ClNO2/c1-9-7-11(10-5-3-2-4-6-10)12(14)8-13(9)15(16)17/h2-8H,1H3. The van der Waals surface area contributed by atoms with Gasteiger partial charge in [-0.25, -0.2) is 0 Å². The summed E-state index contributed by atoms with van der Waals surface area (Å²) < 4.78 is 0. The first-order valence-electron chi connectivity index (χ1n) is 5.09. The number of hydrogen-bond acceptors (Lipinski definition) is 2. The summed E-state index contributed by atoms with van der Waals surface area (Å²) in [6.45, 7) is 1.71. The lowest BCUT2D eigenvalue weighted by Crippen LogP contribution is -1.92. The van der Waals surface area contributed by atoms with Crippen LogP contribution in [0.3, 0.4) is 0 Å². The third-order valence-corrected chi connectivity index (χ3v) is 2.88. The lowest BCUT2D eigenvalue weighted by Gasteiger charge is -2.06. The van der Waals surface area contributed by atoms with Gasteiger partial charge < -0.3 is 0 Å². The molecule has 0 aliphatic heterocycles. The first kappa shape index (κ1) is 11.6. The fourth-order valence-electron chi connectivity index (χ4n) is 1.71. The molecule has 0 amide bonds. The lowest BCUT2D eigenvalue weighted by atomic mass is 10.0. The predicted octanol–water partition coefficient (Wildman–Crippen LogP) is 4.22. The molecule has 0 atom stereocenters. The molecule has 86 valence electrons. The van der Waals surface area contributed by atoms with Crippen molar-refractivity contribution in [2.45, 2.75) is 6.92 Å². The SMILES string of the molecule is Cc1cc(-c2ccccc2)c(Cl)cc1[N+](=O)[O-].